The number of rotatable bonds is 4. The number of hydrogen-bond acceptors (Lipinski definition) is 4. The topological polar surface area (TPSA) is 64.4 Å². The molecule has 0 aliphatic carbocycles. The maximum Gasteiger partial charge on any atom is 0.305 e. The fourth-order valence-electron chi connectivity index (χ4n) is 1.46. The highest BCUT2D eigenvalue weighted by Crippen LogP contribution is 2.21. The number of nitrogens with one attached hydrogen (secondary N) is 1. The Kier molecular flexibility index (Phi) is 3.30. The predicted octanol–water partition coefficient (Wildman–Crippen LogP) is 1.36. The van der Waals surface area contributed by atoms with E-state index >= 15 is 0 Å². The van der Waals surface area contributed by atoms with Crippen molar-refractivity contribution in [3.63, 3.8) is 0 Å². The number of hydrogen-bond donors (Lipinski definition) is 1. The molecule has 1 aliphatic heterocycles. The Bertz CT molecular complexity index is 449. The van der Waals surface area contributed by atoms with E-state index in [0.717, 1.165) is 6.07 Å². The Balaban J connectivity index is 2.14. The highest BCUT2D eigenvalue weighted by molar-refractivity contribution is 5.37. The molecule has 0 atom stereocenters. The van der Waals surface area contributed by atoms with Crippen molar-refractivity contribution in [2.45, 2.75) is 12.6 Å². The van der Waals surface area contributed by atoms with E-state index < -0.39 is 22.2 Å². The van der Waals surface area contributed by atoms with Crippen LogP contribution in [-0.2, 0) is 11.3 Å². The van der Waals surface area contributed by atoms with E-state index in [2.05, 4.69) is 5.32 Å². The van der Waals surface area contributed by atoms with E-state index in [1.807, 2.05) is 0 Å². The minimum Gasteiger partial charge on any atom is -0.378 e. The van der Waals surface area contributed by atoms with Gasteiger partial charge in [-0.2, -0.15) is 4.39 Å². The molecule has 5 nitrogen and oxygen atoms in total. The first-order valence-corrected chi connectivity index (χ1v) is 5.01. The summed E-state index contributed by atoms with van der Waals surface area (Å²) in [6.07, 6.45) is 0. The molecule has 1 heterocycles. The zero-order chi connectivity index (χ0) is 12.4. The molecule has 92 valence electrons. The Morgan fingerprint density at radius 2 is 2.12 bits per heavy atom. The summed E-state index contributed by atoms with van der Waals surface area (Å²) in [6.45, 7) is 1.18. The molecular formula is C10H10F2N2O3. The molecule has 1 fully saturated rings. The molecule has 2 rings (SSSR count). The van der Waals surface area contributed by atoms with E-state index in [1.165, 1.54) is 0 Å². The number of nitro benzene ring substituents is 1. The fraction of sp³-hybridized carbons (Fsp3) is 0.400. The van der Waals surface area contributed by atoms with Crippen molar-refractivity contribution < 1.29 is 18.4 Å². The largest absolute Gasteiger partial charge is 0.378 e. The molecule has 0 amide bonds. The molecule has 0 radical (unpaired) electrons. The first kappa shape index (κ1) is 11.9. The van der Waals surface area contributed by atoms with Crippen molar-refractivity contribution in [1.82, 2.24) is 5.32 Å². The van der Waals surface area contributed by atoms with Crippen molar-refractivity contribution in [3.05, 3.63) is 39.4 Å². The van der Waals surface area contributed by atoms with Crippen LogP contribution in [0.5, 0.6) is 0 Å². The van der Waals surface area contributed by atoms with Crippen LogP contribution >= 0.6 is 0 Å². The maximum atomic E-state index is 13.3. The quantitative estimate of drug-likeness (QED) is 0.641. The van der Waals surface area contributed by atoms with Crippen molar-refractivity contribution in [2.75, 3.05) is 13.2 Å². The summed E-state index contributed by atoms with van der Waals surface area (Å²) in [5.74, 6) is -1.95. The van der Waals surface area contributed by atoms with Crippen LogP contribution in [0, 0.1) is 21.7 Å². The second kappa shape index (κ2) is 4.72. The smallest absolute Gasteiger partial charge is 0.305 e. The standard InChI is InChI=1S/C10H10F2N2O3/c11-8-2-9(12)10(14(15)16)1-6(8)3-13-7-4-17-5-7/h1-2,7,13H,3-5H2. The summed E-state index contributed by atoms with van der Waals surface area (Å²) in [6, 6.07) is 1.57. The van der Waals surface area contributed by atoms with E-state index in [4.69, 9.17) is 4.74 Å². The lowest BCUT2D eigenvalue weighted by molar-refractivity contribution is -0.387. The van der Waals surface area contributed by atoms with Crippen molar-refractivity contribution in [3.8, 4) is 0 Å². The van der Waals surface area contributed by atoms with Gasteiger partial charge >= 0.3 is 5.69 Å². The van der Waals surface area contributed by atoms with E-state index in [-0.39, 0.29) is 18.2 Å². The van der Waals surface area contributed by atoms with Gasteiger partial charge in [0.25, 0.3) is 0 Å². The van der Waals surface area contributed by atoms with E-state index in [0.29, 0.717) is 19.3 Å². The molecule has 1 aromatic carbocycles. The van der Waals surface area contributed by atoms with Gasteiger partial charge in [-0.15, -0.1) is 0 Å². The molecule has 0 bridgehead atoms. The van der Waals surface area contributed by atoms with Gasteiger partial charge in [0, 0.05) is 24.2 Å². The predicted molar refractivity (Wildman–Crippen MR) is 54.5 cm³/mol. The number of ether oxygens (including phenoxy) is 1. The van der Waals surface area contributed by atoms with Gasteiger partial charge in [0.1, 0.15) is 5.82 Å². The van der Waals surface area contributed by atoms with Crippen molar-refractivity contribution >= 4 is 5.69 Å². The highest BCUT2D eigenvalue weighted by Gasteiger charge is 2.21. The van der Waals surface area contributed by atoms with Gasteiger partial charge in [-0.05, 0) is 0 Å². The first-order chi connectivity index (χ1) is 8.08. The third kappa shape index (κ3) is 2.56. The minimum atomic E-state index is -1.16. The highest BCUT2D eigenvalue weighted by atomic mass is 19.1. The molecule has 0 saturated carbocycles. The summed E-state index contributed by atoms with van der Waals surface area (Å²) < 4.78 is 31.3. The summed E-state index contributed by atoms with van der Waals surface area (Å²) in [5.41, 5.74) is -0.641. The van der Waals surface area contributed by atoms with Crippen molar-refractivity contribution in [1.29, 1.82) is 0 Å². The van der Waals surface area contributed by atoms with Crippen LogP contribution in [0.3, 0.4) is 0 Å². The second-order valence-electron chi connectivity index (χ2n) is 3.77. The monoisotopic (exact) mass is 244 g/mol. The summed E-state index contributed by atoms with van der Waals surface area (Å²) in [4.78, 5) is 9.62. The third-order valence-corrected chi connectivity index (χ3v) is 2.53. The zero-order valence-electron chi connectivity index (χ0n) is 8.78. The summed E-state index contributed by atoms with van der Waals surface area (Å²) in [5, 5.41) is 13.4. The fourth-order valence-corrected chi connectivity index (χ4v) is 1.46. The first-order valence-electron chi connectivity index (χ1n) is 5.01. The third-order valence-electron chi connectivity index (χ3n) is 2.53. The number of nitro groups is 1. The number of nitrogens with zero attached hydrogens (tertiary/aromatic N) is 1. The van der Waals surface area contributed by atoms with Gasteiger partial charge in [-0.1, -0.05) is 0 Å². The van der Waals surface area contributed by atoms with E-state index in [1.54, 1.807) is 0 Å². The van der Waals surface area contributed by atoms with Crippen molar-refractivity contribution in [2.24, 2.45) is 0 Å². The molecule has 0 spiro atoms. The second-order valence-corrected chi connectivity index (χ2v) is 3.77. The van der Waals surface area contributed by atoms with Crippen LogP contribution in [0.2, 0.25) is 0 Å². The lowest BCUT2D eigenvalue weighted by Gasteiger charge is -2.27. The molecular weight excluding hydrogens is 234 g/mol. The van der Waals surface area contributed by atoms with Crippen LogP contribution in [0.15, 0.2) is 12.1 Å². The zero-order valence-corrected chi connectivity index (χ0v) is 8.78. The Hall–Kier alpha value is -1.60. The van der Waals surface area contributed by atoms with Crippen LogP contribution in [-0.4, -0.2) is 24.2 Å². The van der Waals surface area contributed by atoms with Crippen LogP contribution < -0.4 is 5.32 Å². The molecule has 7 heteroatoms. The maximum absolute atomic E-state index is 13.3. The summed E-state index contributed by atoms with van der Waals surface area (Å²) >= 11 is 0. The van der Waals surface area contributed by atoms with Gasteiger partial charge in [-0.3, -0.25) is 10.1 Å². The number of benzene rings is 1. The molecule has 0 aromatic heterocycles. The molecule has 0 unspecified atom stereocenters. The lowest BCUT2D eigenvalue weighted by Crippen LogP contribution is -2.45. The molecule has 1 saturated heterocycles. The van der Waals surface area contributed by atoms with Crippen LogP contribution in [0.4, 0.5) is 14.5 Å². The molecule has 1 aromatic rings. The van der Waals surface area contributed by atoms with Crippen LogP contribution in [0.1, 0.15) is 5.56 Å². The average Bonchev–Trinajstić information content (AvgIpc) is 2.18. The molecule has 1 aliphatic rings. The minimum absolute atomic E-state index is 0.0741. The molecule has 1 N–H and O–H groups in total. The Morgan fingerprint density at radius 3 is 2.65 bits per heavy atom. The van der Waals surface area contributed by atoms with Gasteiger partial charge in [0.2, 0.25) is 5.82 Å². The van der Waals surface area contributed by atoms with Gasteiger partial charge in [0.15, 0.2) is 0 Å². The lowest BCUT2D eigenvalue weighted by atomic mass is 10.1. The van der Waals surface area contributed by atoms with Crippen LogP contribution in [0.25, 0.3) is 0 Å². The van der Waals surface area contributed by atoms with E-state index in [9.17, 15) is 18.9 Å². The normalized spacial score (nSPS) is 15.6. The Morgan fingerprint density at radius 1 is 1.41 bits per heavy atom. The van der Waals surface area contributed by atoms with Gasteiger partial charge in [0.05, 0.1) is 24.2 Å². The van der Waals surface area contributed by atoms with Gasteiger partial charge < -0.3 is 10.1 Å². The average molecular weight is 244 g/mol. The SMILES string of the molecule is O=[N+]([O-])c1cc(CNC2COC2)c(F)cc1F. The summed E-state index contributed by atoms with van der Waals surface area (Å²) in [7, 11) is 0. The number of halogens is 2. The Labute approximate surface area is 95.5 Å². The van der Waals surface area contributed by atoms with Gasteiger partial charge in [-0.25, -0.2) is 4.39 Å². The molecule has 17 heavy (non-hydrogen) atoms.